The highest BCUT2D eigenvalue weighted by Gasteiger charge is 2.22. The number of nitrogens with zero attached hydrogens (tertiary/aromatic N) is 1. The van der Waals surface area contributed by atoms with Crippen molar-refractivity contribution in [1.29, 1.82) is 0 Å². The van der Waals surface area contributed by atoms with Crippen LogP contribution in [0.1, 0.15) is 24.5 Å². The van der Waals surface area contributed by atoms with E-state index in [1.807, 2.05) is 0 Å². The Balaban J connectivity index is 0.00000176. The molecule has 6 nitrogen and oxygen atoms in total. The summed E-state index contributed by atoms with van der Waals surface area (Å²) in [6, 6.07) is 6.17. The van der Waals surface area contributed by atoms with Crippen molar-refractivity contribution >= 4 is 17.0 Å². The van der Waals surface area contributed by atoms with E-state index >= 15 is 0 Å². The number of H-pyrrole nitrogens is 2. The molecule has 0 fully saturated rings. The molecule has 0 saturated heterocycles. The van der Waals surface area contributed by atoms with Crippen molar-refractivity contribution in [2.24, 2.45) is 0 Å². The van der Waals surface area contributed by atoms with Crippen molar-refractivity contribution in [2.75, 3.05) is 12.3 Å². The average molecular weight is 304 g/mol. The van der Waals surface area contributed by atoms with E-state index < -0.39 is 17.3 Å². The molecule has 0 saturated carbocycles. The Morgan fingerprint density at radius 1 is 1.32 bits per heavy atom. The van der Waals surface area contributed by atoms with Crippen LogP contribution in [0.25, 0.3) is 11.0 Å². The fraction of sp³-hybridized carbons (Fsp3) is 0.200. The Hall–Kier alpha value is -2.67. The fourth-order valence-electron chi connectivity index (χ4n) is 2.44. The van der Waals surface area contributed by atoms with Crippen LogP contribution in [-0.2, 0) is 0 Å². The van der Waals surface area contributed by atoms with Crippen LogP contribution in [0.5, 0.6) is 0 Å². The van der Waals surface area contributed by atoms with Crippen molar-refractivity contribution < 1.29 is 9.50 Å². The van der Waals surface area contributed by atoms with Gasteiger partial charge in [-0.2, -0.15) is 0 Å². The van der Waals surface area contributed by atoms with E-state index in [1.165, 1.54) is 6.07 Å². The summed E-state index contributed by atoms with van der Waals surface area (Å²) in [7, 11) is 0. The standard InChI is InChI=1S/C14H13FN4O2.CH4/c15-10-4-2-1-3-7(10)9(6-20)8-5-17-12-11(8)18-14(16)19-13(12)21;/h1-5,9,17,20H,6H2,(H3,16,18,19,21);1H4/t9-;/m0./s1. The van der Waals surface area contributed by atoms with E-state index in [1.54, 1.807) is 24.4 Å². The maximum atomic E-state index is 13.9. The van der Waals surface area contributed by atoms with Gasteiger partial charge >= 0.3 is 0 Å². The number of benzene rings is 1. The van der Waals surface area contributed by atoms with Crippen molar-refractivity contribution in [2.45, 2.75) is 13.3 Å². The second-order valence-corrected chi connectivity index (χ2v) is 4.68. The van der Waals surface area contributed by atoms with Gasteiger partial charge in [0.15, 0.2) is 0 Å². The zero-order chi connectivity index (χ0) is 15.0. The Morgan fingerprint density at radius 2 is 2.05 bits per heavy atom. The third kappa shape index (κ3) is 2.46. The molecule has 116 valence electrons. The third-order valence-corrected chi connectivity index (χ3v) is 3.42. The lowest BCUT2D eigenvalue weighted by Gasteiger charge is -2.14. The molecule has 0 unspecified atom stereocenters. The maximum absolute atomic E-state index is 13.9. The summed E-state index contributed by atoms with van der Waals surface area (Å²) in [5.41, 5.74) is 6.57. The van der Waals surface area contributed by atoms with Crippen LogP contribution in [0.15, 0.2) is 35.3 Å². The van der Waals surface area contributed by atoms with Gasteiger partial charge in [-0.3, -0.25) is 9.78 Å². The number of halogens is 1. The second kappa shape index (κ2) is 5.98. The van der Waals surface area contributed by atoms with Gasteiger partial charge in [0.25, 0.3) is 5.56 Å². The molecule has 1 atom stereocenters. The van der Waals surface area contributed by atoms with Gasteiger partial charge in [-0.05, 0) is 11.6 Å². The zero-order valence-corrected chi connectivity index (χ0v) is 10.9. The first-order valence-electron chi connectivity index (χ1n) is 6.34. The van der Waals surface area contributed by atoms with Crippen LogP contribution in [0.2, 0.25) is 0 Å². The van der Waals surface area contributed by atoms with Crippen molar-refractivity contribution in [1.82, 2.24) is 15.0 Å². The average Bonchev–Trinajstić information content (AvgIpc) is 2.86. The molecule has 2 aromatic heterocycles. The number of hydrogen-bond acceptors (Lipinski definition) is 4. The molecule has 0 spiro atoms. The first-order chi connectivity index (χ1) is 10.1. The van der Waals surface area contributed by atoms with Crippen LogP contribution >= 0.6 is 0 Å². The van der Waals surface area contributed by atoms with E-state index in [9.17, 15) is 14.3 Å². The highest BCUT2D eigenvalue weighted by atomic mass is 19.1. The molecular formula is C15H17FN4O2. The second-order valence-electron chi connectivity index (χ2n) is 4.68. The molecule has 3 rings (SSSR count). The number of nitrogens with two attached hydrogens (primary N) is 1. The van der Waals surface area contributed by atoms with E-state index in [-0.39, 0.29) is 25.5 Å². The molecule has 0 aliphatic carbocycles. The van der Waals surface area contributed by atoms with Gasteiger partial charge < -0.3 is 15.8 Å². The summed E-state index contributed by atoms with van der Waals surface area (Å²) in [5, 5.41) is 9.65. The van der Waals surface area contributed by atoms with E-state index in [0.29, 0.717) is 16.6 Å². The summed E-state index contributed by atoms with van der Waals surface area (Å²) in [6.07, 6.45) is 1.54. The molecule has 7 heteroatoms. The highest BCUT2D eigenvalue weighted by Crippen LogP contribution is 2.30. The lowest BCUT2D eigenvalue weighted by atomic mass is 9.93. The quantitative estimate of drug-likeness (QED) is 0.591. The molecule has 22 heavy (non-hydrogen) atoms. The van der Waals surface area contributed by atoms with Gasteiger partial charge in [0, 0.05) is 17.7 Å². The molecule has 0 bridgehead atoms. The van der Waals surface area contributed by atoms with Gasteiger partial charge in [0.1, 0.15) is 16.9 Å². The molecule has 3 aromatic rings. The molecule has 0 amide bonds. The number of nitrogens with one attached hydrogen (secondary N) is 2. The van der Waals surface area contributed by atoms with Crippen molar-refractivity contribution in [3.63, 3.8) is 0 Å². The van der Waals surface area contributed by atoms with Crippen molar-refractivity contribution in [3.05, 3.63) is 57.8 Å². The van der Waals surface area contributed by atoms with Crippen molar-refractivity contribution in [3.8, 4) is 0 Å². The lowest BCUT2D eigenvalue weighted by molar-refractivity contribution is 0.278. The number of aromatic nitrogens is 3. The highest BCUT2D eigenvalue weighted by molar-refractivity contribution is 5.80. The summed E-state index contributed by atoms with van der Waals surface area (Å²) < 4.78 is 13.9. The van der Waals surface area contributed by atoms with Crippen LogP contribution in [-0.4, -0.2) is 26.7 Å². The van der Waals surface area contributed by atoms with Gasteiger partial charge in [-0.1, -0.05) is 25.6 Å². The fourth-order valence-corrected chi connectivity index (χ4v) is 2.44. The van der Waals surface area contributed by atoms with Gasteiger partial charge in [0.05, 0.1) is 6.61 Å². The third-order valence-electron chi connectivity index (χ3n) is 3.42. The van der Waals surface area contributed by atoms with Crippen LogP contribution in [0.4, 0.5) is 10.3 Å². The predicted octanol–water partition coefficient (Wildman–Crippen LogP) is 1.73. The normalized spacial score (nSPS) is 12.1. The van der Waals surface area contributed by atoms with Gasteiger partial charge in [-0.15, -0.1) is 0 Å². The molecule has 2 heterocycles. The Labute approximate surface area is 125 Å². The van der Waals surface area contributed by atoms with Gasteiger partial charge in [-0.25, -0.2) is 9.37 Å². The Bertz CT molecular complexity index is 856. The number of nitrogen functional groups attached to an aromatic ring is 1. The minimum absolute atomic E-state index is 0. The minimum atomic E-state index is -0.631. The van der Waals surface area contributed by atoms with Crippen LogP contribution in [0, 0.1) is 5.82 Å². The number of aromatic amines is 2. The lowest BCUT2D eigenvalue weighted by Crippen LogP contribution is -2.12. The summed E-state index contributed by atoms with van der Waals surface area (Å²) in [4.78, 5) is 21.0. The van der Waals surface area contributed by atoms with Crippen LogP contribution < -0.4 is 11.3 Å². The van der Waals surface area contributed by atoms with E-state index in [2.05, 4.69) is 15.0 Å². The predicted molar refractivity (Wildman–Crippen MR) is 83.2 cm³/mol. The SMILES string of the molecule is C.Nc1nc2c([C@@H](CO)c3ccccc3F)c[nH]c2c(=O)[nH]1. The number of rotatable bonds is 3. The summed E-state index contributed by atoms with van der Waals surface area (Å²) in [5.74, 6) is -1.09. The first-order valence-corrected chi connectivity index (χ1v) is 6.34. The smallest absolute Gasteiger partial charge is 0.276 e. The van der Waals surface area contributed by atoms with E-state index in [0.717, 1.165) is 0 Å². The molecule has 5 N–H and O–H groups in total. The molecular weight excluding hydrogens is 287 g/mol. The topological polar surface area (TPSA) is 108 Å². The number of fused-ring (bicyclic) bond motifs is 1. The molecule has 0 radical (unpaired) electrons. The number of aliphatic hydroxyl groups is 1. The zero-order valence-electron chi connectivity index (χ0n) is 10.9. The maximum Gasteiger partial charge on any atom is 0.276 e. The minimum Gasteiger partial charge on any atom is -0.395 e. The largest absolute Gasteiger partial charge is 0.395 e. The summed E-state index contributed by atoms with van der Waals surface area (Å²) in [6.45, 7) is -0.317. The number of aliphatic hydroxyl groups excluding tert-OH is 1. The monoisotopic (exact) mass is 304 g/mol. The molecule has 0 aliphatic heterocycles. The van der Waals surface area contributed by atoms with Crippen LogP contribution in [0.3, 0.4) is 0 Å². The summed E-state index contributed by atoms with van der Waals surface area (Å²) >= 11 is 0. The Kier molecular flexibility index (Phi) is 4.27. The first kappa shape index (κ1) is 15.7. The van der Waals surface area contributed by atoms with E-state index in [4.69, 9.17) is 5.73 Å². The Morgan fingerprint density at radius 3 is 2.73 bits per heavy atom. The molecule has 1 aromatic carbocycles. The van der Waals surface area contributed by atoms with Gasteiger partial charge in [0.2, 0.25) is 5.95 Å². The molecule has 0 aliphatic rings. The number of hydrogen-bond donors (Lipinski definition) is 4. The number of anilines is 1.